The lowest BCUT2D eigenvalue weighted by Crippen LogP contribution is -2.22. The fourth-order valence-corrected chi connectivity index (χ4v) is 1.84. The first-order chi connectivity index (χ1) is 8.81. The first-order valence-corrected chi connectivity index (χ1v) is 5.91. The Kier molecular flexibility index (Phi) is 3.93. The van der Waals surface area contributed by atoms with Crippen LogP contribution in [0.5, 0.6) is 0 Å². The number of nitriles is 1. The average Bonchev–Trinajstić information content (AvgIpc) is 2.45. The highest BCUT2D eigenvalue weighted by molar-refractivity contribution is 5.52. The third kappa shape index (κ3) is 2.86. The predicted octanol–water partition coefficient (Wildman–Crippen LogP) is 2.63. The van der Waals surface area contributed by atoms with Crippen molar-refractivity contribution in [3.05, 3.63) is 59.8 Å². The van der Waals surface area contributed by atoms with Crippen molar-refractivity contribution in [3.8, 4) is 6.07 Å². The van der Waals surface area contributed by atoms with E-state index in [1.807, 2.05) is 30.1 Å². The summed E-state index contributed by atoms with van der Waals surface area (Å²) in [4.78, 5) is 6.28. The smallest absolute Gasteiger partial charge is 0.146 e. The Morgan fingerprint density at radius 2 is 1.94 bits per heavy atom. The normalized spacial score (nSPS) is 9.78. The van der Waals surface area contributed by atoms with Crippen LogP contribution in [0.15, 0.2) is 48.7 Å². The molecule has 0 atom stereocenters. The molecule has 0 bridgehead atoms. The van der Waals surface area contributed by atoms with Crippen molar-refractivity contribution >= 4 is 5.82 Å². The zero-order valence-electron chi connectivity index (χ0n) is 10.4. The van der Waals surface area contributed by atoms with Gasteiger partial charge in [0, 0.05) is 19.8 Å². The van der Waals surface area contributed by atoms with Gasteiger partial charge < -0.3 is 4.90 Å². The molecule has 1 aromatic heterocycles. The number of aromatic nitrogens is 1. The fourth-order valence-electron chi connectivity index (χ4n) is 1.84. The molecule has 2 rings (SSSR count). The minimum Gasteiger partial charge on any atom is -0.358 e. The summed E-state index contributed by atoms with van der Waals surface area (Å²) in [5.74, 6) is 0.746. The quantitative estimate of drug-likeness (QED) is 0.820. The largest absolute Gasteiger partial charge is 0.358 e. The van der Waals surface area contributed by atoms with Crippen LogP contribution in [0.1, 0.15) is 11.1 Å². The third-order valence-corrected chi connectivity index (χ3v) is 2.85. The van der Waals surface area contributed by atoms with Gasteiger partial charge in [-0.25, -0.2) is 4.98 Å². The minimum absolute atomic E-state index is 0.619. The Balaban J connectivity index is 2.04. The molecule has 0 aliphatic carbocycles. The molecule has 90 valence electrons. The minimum atomic E-state index is 0.619. The Morgan fingerprint density at radius 3 is 2.67 bits per heavy atom. The van der Waals surface area contributed by atoms with Crippen LogP contribution in [0.3, 0.4) is 0 Å². The van der Waals surface area contributed by atoms with Crippen molar-refractivity contribution in [2.45, 2.75) is 6.42 Å². The molecule has 0 aliphatic rings. The van der Waals surface area contributed by atoms with Gasteiger partial charge in [0.05, 0.1) is 5.56 Å². The second-order valence-corrected chi connectivity index (χ2v) is 4.14. The molecule has 0 N–H and O–H groups in total. The maximum Gasteiger partial charge on any atom is 0.146 e. The van der Waals surface area contributed by atoms with E-state index in [2.05, 4.69) is 23.2 Å². The lowest BCUT2D eigenvalue weighted by Gasteiger charge is -2.18. The maximum atomic E-state index is 9.04. The monoisotopic (exact) mass is 237 g/mol. The van der Waals surface area contributed by atoms with Gasteiger partial charge in [0.15, 0.2) is 0 Å². The Hall–Kier alpha value is -2.34. The molecule has 0 saturated carbocycles. The Bertz CT molecular complexity index is 543. The standard InChI is InChI=1S/C15H15N3/c1-18(11-9-13-6-3-2-4-7-13)15-14(12-16)8-5-10-17-15/h2-8,10H,9,11H2,1H3. The van der Waals surface area contributed by atoms with E-state index >= 15 is 0 Å². The molecule has 0 saturated heterocycles. The van der Waals surface area contributed by atoms with E-state index in [1.54, 1.807) is 18.3 Å². The summed E-state index contributed by atoms with van der Waals surface area (Å²) in [5.41, 5.74) is 1.91. The third-order valence-electron chi connectivity index (χ3n) is 2.85. The predicted molar refractivity (Wildman–Crippen MR) is 72.4 cm³/mol. The molecule has 0 spiro atoms. The van der Waals surface area contributed by atoms with Gasteiger partial charge in [-0.3, -0.25) is 0 Å². The van der Waals surface area contributed by atoms with Crippen molar-refractivity contribution in [2.75, 3.05) is 18.5 Å². The first kappa shape index (κ1) is 12.1. The van der Waals surface area contributed by atoms with Crippen LogP contribution in [0.2, 0.25) is 0 Å². The van der Waals surface area contributed by atoms with E-state index in [1.165, 1.54) is 5.56 Å². The van der Waals surface area contributed by atoms with E-state index in [0.29, 0.717) is 5.56 Å². The Morgan fingerprint density at radius 1 is 1.17 bits per heavy atom. The number of anilines is 1. The topological polar surface area (TPSA) is 39.9 Å². The molecule has 1 aromatic carbocycles. The van der Waals surface area contributed by atoms with Crippen LogP contribution in [0.25, 0.3) is 0 Å². The van der Waals surface area contributed by atoms with E-state index in [4.69, 9.17) is 5.26 Å². The molecule has 18 heavy (non-hydrogen) atoms. The summed E-state index contributed by atoms with van der Waals surface area (Å²) in [6, 6.07) is 16.1. The van der Waals surface area contributed by atoms with Gasteiger partial charge in [0.25, 0.3) is 0 Å². The number of benzene rings is 1. The molecular weight excluding hydrogens is 222 g/mol. The van der Waals surface area contributed by atoms with Gasteiger partial charge in [0.2, 0.25) is 0 Å². The molecular formula is C15H15N3. The zero-order valence-corrected chi connectivity index (χ0v) is 10.4. The van der Waals surface area contributed by atoms with Crippen LogP contribution in [0.4, 0.5) is 5.82 Å². The molecule has 0 unspecified atom stereocenters. The Labute approximate surface area is 107 Å². The van der Waals surface area contributed by atoms with Crippen LogP contribution >= 0.6 is 0 Å². The summed E-state index contributed by atoms with van der Waals surface area (Å²) in [6.45, 7) is 0.843. The summed E-state index contributed by atoms with van der Waals surface area (Å²) >= 11 is 0. The van der Waals surface area contributed by atoms with E-state index in [0.717, 1.165) is 18.8 Å². The molecule has 0 radical (unpaired) electrons. The van der Waals surface area contributed by atoms with Crippen molar-refractivity contribution in [3.63, 3.8) is 0 Å². The van der Waals surface area contributed by atoms with Gasteiger partial charge in [-0.15, -0.1) is 0 Å². The van der Waals surface area contributed by atoms with Crippen molar-refractivity contribution in [1.82, 2.24) is 4.98 Å². The van der Waals surface area contributed by atoms with Crippen LogP contribution < -0.4 is 4.90 Å². The molecule has 0 aliphatic heterocycles. The van der Waals surface area contributed by atoms with Crippen molar-refractivity contribution < 1.29 is 0 Å². The number of likely N-dealkylation sites (N-methyl/N-ethyl adjacent to an activating group) is 1. The lowest BCUT2D eigenvalue weighted by atomic mass is 10.1. The molecule has 2 aromatic rings. The van der Waals surface area contributed by atoms with E-state index in [-0.39, 0.29) is 0 Å². The highest BCUT2D eigenvalue weighted by Crippen LogP contribution is 2.14. The van der Waals surface area contributed by atoms with Crippen LogP contribution in [0, 0.1) is 11.3 Å². The van der Waals surface area contributed by atoms with E-state index in [9.17, 15) is 0 Å². The molecule has 1 heterocycles. The molecule has 0 fully saturated rings. The van der Waals surface area contributed by atoms with Gasteiger partial charge in [0.1, 0.15) is 11.9 Å². The number of rotatable bonds is 4. The average molecular weight is 237 g/mol. The second-order valence-electron chi connectivity index (χ2n) is 4.14. The molecule has 3 nitrogen and oxygen atoms in total. The van der Waals surface area contributed by atoms with Gasteiger partial charge in [-0.2, -0.15) is 5.26 Å². The highest BCUT2D eigenvalue weighted by atomic mass is 15.2. The zero-order chi connectivity index (χ0) is 12.8. The summed E-state index contributed by atoms with van der Waals surface area (Å²) in [5, 5.41) is 9.04. The number of hydrogen-bond acceptors (Lipinski definition) is 3. The maximum absolute atomic E-state index is 9.04. The van der Waals surface area contributed by atoms with Gasteiger partial charge >= 0.3 is 0 Å². The lowest BCUT2D eigenvalue weighted by molar-refractivity contribution is 0.858. The SMILES string of the molecule is CN(CCc1ccccc1)c1ncccc1C#N. The van der Waals surface area contributed by atoms with E-state index < -0.39 is 0 Å². The number of pyridine rings is 1. The highest BCUT2D eigenvalue weighted by Gasteiger charge is 2.07. The van der Waals surface area contributed by atoms with Crippen LogP contribution in [-0.4, -0.2) is 18.6 Å². The summed E-state index contributed by atoms with van der Waals surface area (Å²) < 4.78 is 0. The number of hydrogen-bond donors (Lipinski definition) is 0. The van der Waals surface area contributed by atoms with Crippen molar-refractivity contribution in [2.24, 2.45) is 0 Å². The van der Waals surface area contributed by atoms with Crippen molar-refractivity contribution in [1.29, 1.82) is 5.26 Å². The molecule has 0 amide bonds. The van der Waals surface area contributed by atoms with Gasteiger partial charge in [-0.1, -0.05) is 30.3 Å². The number of nitrogens with zero attached hydrogens (tertiary/aromatic N) is 3. The van der Waals surface area contributed by atoms with Gasteiger partial charge in [-0.05, 0) is 24.1 Å². The summed E-state index contributed by atoms with van der Waals surface area (Å²) in [6.07, 6.45) is 2.66. The fraction of sp³-hybridized carbons (Fsp3) is 0.200. The second kappa shape index (κ2) is 5.83. The molecule has 3 heteroatoms. The van der Waals surface area contributed by atoms with Crippen LogP contribution in [-0.2, 0) is 6.42 Å². The first-order valence-electron chi connectivity index (χ1n) is 5.91. The summed E-state index contributed by atoms with van der Waals surface area (Å²) in [7, 11) is 1.96.